The maximum absolute atomic E-state index is 2.38. The van der Waals surface area contributed by atoms with Crippen molar-refractivity contribution in [3.05, 3.63) is 94.5 Å². The predicted molar refractivity (Wildman–Crippen MR) is 118 cm³/mol. The third-order valence-corrected chi connectivity index (χ3v) is 6.23. The fourth-order valence-electron chi connectivity index (χ4n) is 4.87. The summed E-state index contributed by atoms with van der Waals surface area (Å²) in [5, 5.41) is 8.52. The van der Waals surface area contributed by atoms with Gasteiger partial charge in [-0.2, -0.15) is 6.07 Å². The first-order valence-corrected chi connectivity index (χ1v) is 9.85. The molecule has 134 valence electrons. The molecule has 2 heteroatoms. The summed E-state index contributed by atoms with van der Waals surface area (Å²) in [6.07, 6.45) is 2.18. The average molecular weight is 362 g/mol. The Bertz CT molecular complexity index is 1250. The Kier molecular flexibility index (Phi) is 6.53. The third-order valence-electron chi connectivity index (χ3n) is 6.23. The molecule has 5 aromatic rings. The van der Waals surface area contributed by atoms with Crippen molar-refractivity contribution in [2.24, 2.45) is 0 Å². The van der Waals surface area contributed by atoms with Crippen LogP contribution in [0.3, 0.4) is 0 Å². The largest absolute Gasteiger partial charge is 1.00 e. The molecule has 0 bridgehead atoms. The standard InChI is InChI=1S/C27H24.2Li/c1-17-12-13-18(2)27-20(19(3)16-26(17)27)14-15-25-23-10-6-4-8-21(23)22-9-5-7-11-24(22)25;;/h4-13,16H,14-15H2,1-3H3;;/q-2;2*+1. The summed E-state index contributed by atoms with van der Waals surface area (Å²) in [4.78, 5) is 0. The van der Waals surface area contributed by atoms with Crippen LogP contribution < -0.4 is 37.7 Å². The van der Waals surface area contributed by atoms with E-state index in [0.717, 1.165) is 12.8 Å². The van der Waals surface area contributed by atoms with Crippen LogP contribution in [-0.4, -0.2) is 0 Å². The fourth-order valence-corrected chi connectivity index (χ4v) is 4.87. The number of hydrogen-bond acceptors (Lipinski definition) is 0. The molecule has 0 aromatic heterocycles. The number of rotatable bonds is 3. The van der Waals surface area contributed by atoms with Crippen LogP contribution in [0.2, 0.25) is 0 Å². The summed E-state index contributed by atoms with van der Waals surface area (Å²) in [6, 6.07) is 24.6. The zero-order chi connectivity index (χ0) is 18.5. The molecule has 5 aromatic carbocycles. The molecule has 0 atom stereocenters. The van der Waals surface area contributed by atoms with Crippen molar-refractivity contribution in [3.63, 3.8) is 0 Å². The summed E-state index contributed by atoms with van der Waals surface area (Å²) < 4.78 is 0. The Hall–Kier alpha value is -1.67. The van der Waals surface area contributed by atoms with E-state index in [4.69, 9.17) is 0 Å². The van der Waals surface area contributed by atoms with Gasteiger partial charge in [-0.25, -0.2) is 0 Å². The maximum atomic E-state index is 2.38. The van der Waals surface area contributed by atoms with Gasteiger partial charge in [0.15, 0.2) is 0 Å². The molecule has 0 heterocycles. The minimum atomic E-state index is 0. The molecule has 0 saturated carbocycles. The van der Waals surface area contributed by atoms with Gasteiger partial charge in [0.05, 0.1) is 0 Å². The van der Waals surface area contributed by atoms with E-state index in [1.54, 1.807) is 0 Å². The second-order valence-electron chi connectivity index (χ2n) is 7.86. The van der Waals surface area contributed by atoms with Gasteiger partial charge in [0, 0.05) is 0 Å². The maximum Gasteiger partial charge on any atom is 1.00 e. The minimum Gasteiger partial charge on any atom is -0.165 e. The van der Waals surface area contributed by atoms with Gasteiger partial charge < -0.3 is 0 Å². The second kappa shape index (κ2) is 8.60. The predicted octanol–water partition coefficient (Wildman–Crippen LogP) is 1.30. The van der Waals surface area contributed by atoms with Crippen molar-refractivity contribution in [2.75, 3.05) is 0 Å². The first kappa shape index (κ1) is 22.0. The molecular weight excluding hydrogens is 338 g/mol. The van der Waals surface area contributed by atoms with Crippen LogP contribution in [-0.2, 0) is 12.8 Å². The van der Waals surface area contributed by atoms with Gasteiger partial charge in [-0.05, 0) is 6.92 Å². The first-order valence-electron chi connectivity index (χ1n) is 9.85. The number of fused-ring (bicyclic) bond motifs is 4. The SMILES string of the molecule is Cc1ccc(C)c2c1cc(C)[c-]2CC[c-]1c2ccccc2c2ccccc21.[Li+].[Li+]. The Morgan fingerprint density at radius 2 is 1.10 bits per heavy atom. The molecule has 29 heavy (non-hydrogen) atoms. The Morgan fingerprint density at radius 1 is 0.586 bits per heavy atom. The van der Waals surface area contributed by atoms with Crippen molar-refractivity contribution < 1.29 is 37.7 Å². The fraction of sp³-hybridized carbons (Fsp3) is 0.185. The van der Waals surface area contributed by atoms with Gasteiger partial charge in [-0.15, -0.1) is 72.8 Å². The molecule has 0 aliphatic heterocycles. The van der Waals surface area contributed by atoms with Crippen LogP contribution in [0.15, 0.2) is 66.7 Å². The summed E-state index contributed by atoms with van der Waals surface area (Å²) in [5.74, 6) is 0. The average Bonchev–Trinajstić information content (AvgIpc) is 3.19. The molecule has 0 aliphatic carbocycles. The Morgan fingerprint density at radius 3 is 1.72 bits per heavy atom. The summed E-state index contributed by atoms with van der Waals surface area (Å²) in [6.45, 7) is 6.75. The van der Waals surface area contributed by atoms with E-state index in [-0.39, 0.29) is 37.7 Å². The molecule has 0 unspecified atom stereocenters. The van der Waals surface area contributed by atoms with E-state index >= 15 is 0 Å². The zero-order valence-corrected chi connectivity index (χ0v) is 18.3. The van der Waals surface area contributed by atoms with Gasteiger partial charge >= 0.3 is 37.7 Å². The zero-order valence-electron chi connectivity index (χ0n) is 18.3. The Labute approximate surface area is 197 Å². The molecule has 0 saturated heterocycles. The van der Waals surface area contributed by atoms with E-state index in [1.165, 1.54) is 60.1 Å². The summed E-state index contributed by atoms with van der Waals surface area (Å²) >= 11 is 0. The number of benzene rings is 3. The molecule has 0 spiro atoms. The van der Waals surface area contributed by atoms with Crippen LogP contribution in [0.5, 0.6) is 0 Å². The first-order chi connectivity index (χ1) is 13.1. The quantitative estimate of drug-likeness (QED) is 0.335. The van der Waals surface area contributed by atoms with Gasteiger partial charge in [0.1, 0.15) is 0 Å². The third kappa shape index (κ3) is 3.54. The Balaban J connectivity index is 0.00000120. The van der Waals surface area contributed by atoms with Crippen molar-refractivity contribution in [1.29, 1.82) is 0 Å². The van der Waals surface area contributed by atoms with E-state index in [2.05, 4.69) is 87.5 Å². The van der Waals surface area contributed by atoms with E-state index in [1.807, 2.05) is 0 Å². The van der Waals surface area contributed by atoms with Gasteiger partial charge in [-0.1, -0.05) is 74.7 Å². The molecule has 0 nitrogen and oxygen atoms in total. The van der Waals surface area contributed by atoms with E-state index in [0.29, 0.717) is 0 Å². The van der Waals surface area contributed by atoms with Crippen molar-refractivity contribution >= 4 is 32.3 Å². The normalized spacial score (nSPS) is 11.0. The molecule has 5 rings (SSSR count). The molecule has 0 amide bonds. The monoisotopic (exact) mass is 362 g/mol. The van der Waals surface area contributed by atoms with Crippen molar-refractivity contribution in [1.82, 2.24) is 0 Å². The van der Waals surface area contributed by atoms with Crippen molar-refractivity contribution in [2.45, 2.75) is 33.6 Å². The molecular formula is C27H24Li2. The van der Waals surface area contributed by atoms with E-state index < -0.39 is 0 Å². The topological polar surface area (TPSA) is 0 Å². The van der Waals surface area contributed by atoms with Crippen LogP contribution in [0.4, 0.5) is 0 Å². The van der Waals surface area contributed by atoms with E-state index in [9.17, 15) is 0 Å². The van der Waals surface area contributed by atoms with Gasteiger partial charge in [0.2, 0.25) is 0 Å². The smallest absolute Gasteiger partial charge is 0.165 e. The minimum absolute atomic E-state index is 0. The van der Waals surface area contributed by atoms with Gasteiger partial charge in [-0.3, -0.25) is 0 Å². The second-order valence-corrected chi connectivity index (χ2v) is 7.86. The van der Waals surface area contributed by atoms with Crippen LogP contribution >= 0.6 is 0 Å². The van der Waals surface area contributed by atoms with Crippen LogP contribution in [0.25, 0.3) is 32.3 Å². The molecule has 0 aliphatic rings. The molecule has 0 fully saturated rings. The van der Waals surface area contributed by atoms with Crippen LogP contribution in [0.1, 0.15) is 27.8 Å². The van der Waals surface area contributed by atoms with Crippen molar-refractivity contribution in [3.8, 4) is 0 Å². The summed E-state index contributed by atoms with van der Waals surface area (Å²) in [5.41, 5.74) is 7.24. The van der Waals surface area contributed by atoms with Crippen LogP contribution in [0, 0.1) is 20.8 Å². The number of hydrogen-bond donors (Lipinski definition) is 0. The van der Waals surface area contributed by atoms with Gasteiger partial charge in [0.25, 0.3) is 0 Å². The molecule has 0 radical (unpaired) electrons. The summed E-state index contributed by atoms with van der Waals surface area (Å²) in [7, 11) is 0. The molecule has 0 N–H and O–H groups in total. The number of aryl methyl sites for hydroxylation is 5.